The molecule has 0 saturated heterocycles. The van der Waals surface area contributed by atoms with Crippen molar-refractivity contribution in [1.82, 2.24) is 10.3 Å². The van der Waals surface area contributed by atoms with Crippen LogP contribution in [0.1, 0.15) is 52.6 Å². The first-order valence-electron chi connectivity index (χ1n) is 8.40. The molecule has 1 heterocycles. The predicted molar refractivity (Wildman–Crippen MR) is 95.0 cm³/mol. The molecule has 0 spiro atoms. The number of nitrogens with zero attached hydrogens (tertiary/aromatic N) is 1. The van der Waals surface area contributed by atoms with Crippen molar-refractivity contribution in [2.75, 3.05) is 6.54 Å². The molecule has 0 unspecified atom stereocenters. The molecule has 0 atom stereocenters. The van der Waals surface area contributed by atoms with Crippen LogP contribution >= 0.6 is 11.3 Å². The van der Waals surface area contributed by atoms with Crippen molar-refractivity contribution in [3.8, 4) is 0 Å². The van der Waals surface area contributed by atoms with E-state index >= 15 is 0 Å². The van der Waals surface area contributed by atoms with Gasteiger partial charge in [-0.25, -0.2) is 9.37 Å². The SMILES string of the molecule is Cc1nc(CC(C)C)sc1C(=O)NCC1(c2ccc(F)cc2)CC1. The van der Waals surface area contributed by atoms with Crippen LogP contribution in [0.3, 0.4) is 0 Å². The lowest BCUT2D eigenvalue weighted by Gasteiger charge is -2.16. The summed E-state index contributed by atoms with van der Waals surface area (Å²) >= 11 is 1.49. The second kappa shape index (κ2) is 6.63. The zero-order valence-corrected chi connectivity index (χ0v) is 15.2. The molecule has 1 aromatic heterocycles. The highest BCUT2D eigenvalue weighted by Gasteiger charge is 2.44. The van der Waals surface area contributed by atoms with Crippen molar-refractivity contribution >= 4 is 17.2 Å². The van der Waals surface area contributed by atoms with Crippen LogP contribution in [0.4, 0.5) is 4.39 Å². The Balaban J connectivity index is 1.65. The number of thiazole rings is 1. The monoisotopic (exact) mass is 346 g/mol. The fraction of sp³-hybridized carbons (Fsp3) is 0.474. The summed E-state index contributed by atoms with van der Waals surface area (Å²) < 4.78 is 13.1. The predicted octanol–water partition coefficient (Wildman–Crippen LogP) is 4.25. The molecule has 5 heteroatoms. The number of rotatable bonds is 6. The molecule has 128 valence electrons. The number of benzene rings is 1. The number of hydrogen-bond donors (Lipinski definition) is 1. The highest BCUT2D eigenvalue weighted by molar-refractivity contribution is 7.13. The van der Waals surface area contributed by atoms with E-state index < -0.39 is 0 Å². The van der Waals surface area contributed by atoms with E-state index in [0.717, 1.165) is 35.5 Å². The van der Waals surface area contributed by atoms with Gasteiger partial charge in [0.15, 0.2) is 0 Å². The van der Waals surface area contributed by atoms with E-state index in [2.05, 4.69) is 24.1 Å². The number of halogens is 1. The number of hydrogen-bond acceptors (Lipinski definition) is 3. The quantitative estimate of drug-likeness (QED) is 0.849. The Kier molecular flexibility index (Phi) is 4.72. The van der Waals surface area contributed by atoms with Crippen molar-refractivity contribution < 1.29 is 9.18 Å². The Labute approximate surface area is 146 Å². The molecule has 3 rings (SSSR count). The summed E-state index contributed by atoms with van der Waals surface area (Å²) in [6.45, 7) is 6.78. The number of carbonyl (C=O) groups excluding carboxylic acids is 1. The molecule has 1 amide bonds. The zero-order chi connectivity index (χ0) is 17.3. The van der Waals surface area contributed by atoms with E-state index in [0.29, 0.717) is 17.3 Å². The third-order valence-corrected chi connectivity index (χ3v) is 5.71. The lowest BCUT2D eigenvalue weighted by Crippen LogP contribution is -2.32. The third-order valence-electron chi connectivity index (χ3n) is 4.53. The van der Waals surface area contributed by atoms with Gasteiger partial charge in [-0.3, -0.25) is 4.79 Å². The van der Waals surface area contributed by atoms with Crippen LogP contribution in [0.25, 0.3) is 0 Å². The maximum atomic E-state index is 13.1. The van der Waals surface area contributed by atoms with Crippen molar-refractivity contribution in [1.29, 1.82) is 0 Å². The van der Waals surface area contributed by atoms with Crippen molar-refractivity contribution in [2.45, 2.75) is 45.4 Å². The minimum atomic E-state index is -0.225. The van der Waals surface area contributed by atoms with Crippen LogP contribution in [0.15, 0.2) is 24.3 Å². The van der Waals surface area contributed by atoms with Crippen LogP contribution < -0.4 is 5.32 Å². The number of aryl methyl sites for hydroxylation is 1. The third kappa shape index (κ3) is 3.66. The molecule has 24 heavy (non-hydrogen) atoms. The van der Waals surface area contributed by atoms with Gasteiger partial charge < -0.3 is 5.32 Å². The highest BCUT2D eigenvalue weighted by atomic mass is 32.1. The van der Waals surface area contributed by atoms with Crippen LogP contribution in [0.5, 0.6) is 0 Å². The summed E-state index contributed by atoms with van der Waals surface area (Å²) in [4.78, 5) is 17.7. The fourth-order valence-electron chi connectivity index (χ4n) is 2.95. The minimum absolute atomic E-state index is 0.0251. The molecule has 1 aromatic carbocycles. The molecule has 1 aliphatic rings. The summed E-state index contributed by atoms with van der Waals surface area (Å²) in [5.41, 5.74) is 1.88. The van der Waals surface area contributed by atoms with Gasteiger partial charge in [0, 0.05) is 18.4 Å². The zero-order valence-electron chi connectivity index (χ0n) is 14.4. The van der Waals surface area contributed by atoms with Gasteiger partial charge in [-0.15, -0.1) is 11.3 Å². The fourth-order valence-corrected chi connectivity index (χ4v) is 4.14. The van der Waals surface area contributed by atoms with Crippen LogP contribution in [-0.2, 0) is 11.8 Å². The van der Waals surface area contributed by atoms with E-state index in [9.17, 15) is 9.18 Å². The molecular weight excluding hydrogens is 323 g/mol. The van der Waals surface area contributed by atoms with Gasteiger partial charge in [0.25, 0.3) is 5.91 Å². The number of nitrogens with one attached hydrogen (secondary N) is 1. The van der Waals surface area contributed by atoms with Gasteiger partial charge in [-0.2, -0.15) is 0 Å². The number of aromatic nitrogens is 1. The highest BCUT2D eigenvalue weighted by Crippen LogP contribution is 2.47. The largest absolute Gasteiger partial charge is 0.350 e. The van der Waals surface area contributed by atoms with Crippen LogP contribution in [0.2, 0.25) is 0 Å². The second-order valence-corrected chi connectivity index (χ2v) is 8.17. The molecule has 1 fully saturated rings. The lowest BCUT2D eigenvalue weighted by molar-refractivity contribution is 0.0953. The summed E-state index contributed by atoms with van der Waals surface area (Å²) in [5, 5.41) is 4.08. The van der Waals surface area contributed by atoms with Crippen molar-refractivity contribution in [3.63, 3.8) is 0 Å². The molecule has 2 aromatic rings. The van der Waals surface area contributed by atoms with Gasteiger partial charge in [-0.05, 0) is 43.4 Å². The van der Waals surface area contributed by atoms with Crippen molar-refractivity contribution in [2.24, 2.45) is 5.92 Å². The maximum absolute atomic E-state index is 13.1. The molecule has 0 aliphatic heterocycles. The number of carbonyl (C=O) groups is 1. The van der Waals surface area contributed by atoms with Gasteiger partial charge >= 0.3 is 0 Å². The number of amides is 1. The average molecular weight is 346 g/mol. The average Bonchev–Trinajstić information content (AvgIpc) is 3.23. The Morgan fingerprint density at radius 3 is 2.58 bits per heavy atom. The minimum Gasteiger partial charge on any atom is -0.350 e. The van der Waals surface area contributed by atoms with E-state index in [-0.39, 0.29) is 17.1 Å². The molecule has 0 radical (unpaired) electrons. The van der Waals surface area contributed by atoms with Crippen LogP contribution in [0, 0.1) is 18.7 Å². The Hall–Kier alpha value is -1.75. The van der Waals surface area contributed by atoms with E-state index in [1.165, 1.54) is 23.5 Å². The van der Waals surface area contributed by atoms with E-state index in [4.69, 9.17) is 0 Å². The van der Waals surface area contributed by atoms with Gasteiger partial charge in [-0.1, -0.05) is 26.0 Å². The Morgan fingerprint density at radius 2 is 2.00 bits per heavy atom. The molecule has 1 aliphatic carbocycles. The van der Waals surface area contributed by atoms with Crippen LogP contribution in [-0.4, -0.2) is 17.4 Å². The summed E-state index contributed by atoms with van der Waals surface area (Å²) in [6.07, 6.45) is 2.96. The van der Waals surface area contributed by atoms with Crippen molar-refractivity contribution in [3.05, 3.63) is 51.2 Å². The second-order valence-electron chi connectivity index (χ2n) is 7.09. The van der Waals surface area contributed by atoms with E-state index in [1.54, 1.807) is 0 Å². The maximum Gasteiger partial charge on any atom is 0.263 e. The summed E-state index contributed by atoms with van der Waals surface area (Å²) in [7, 11) is 0. The first kappa shape index (κ1) is 17.1. The summed E-state index contributed by atoms with van der Waals surface area (Å²) in [5.74, 6) is 0.254. The molecule has 3 nitrogen and oxygen atoms in total. The first-order valence-corrected chi connectivity index (χ1v) is 9.22. The van der Waals surface area contributed by atoms with Gasteiger partial charge in [0.05, 0.1) is 10.7 Å². The molecular formula is C19H23FN2OS. The summed E-state index contributed by atoms with van der Waals surface area (Å²) in [6, 6.07) is 6.63. The smallest absolute Gasteiger partial charge is 0.263 e. The van der Waals surface area contributed by atoms with Gasteiger partial charge in [0.1, 0.15) is 10.7 Å². The van der Waals surface area contributed by atoms with E-state index in [1.807, 2.05) is 19.1 Å². The standard InChI is InChI=1S/C19H23FN2OS/c1-12(2)10-16-22-13(3)17(24-16)18(23)21-11-19(8-9-19)14-4-6-15(20)7-5-14/h4-7,12H,8-11H2,1-3H3,(H,21,23). The molecule has 1 saturated carbocycles. The normalized spacial score (nSPS) is 15.5. The molecule has 1 N–H and O–H groups in total. The van der Waals surface area contributed by atoms with Gasteiger partial charge in [0.2, 0.25) is 0 Å². The molecule has 0 bridgehead atoms. The Bertz CT molecular complexity index is 732. The first-order chi connectivity index (χ1) is 11.4. The lowest BCUT2D eigenvalue weighted by atomic mass is 9.96. The Morgan fingerprint density at radius 1 is 1.33 bits per heavy atom. The topological polar surface area (TPSA) is 42.0 Å².